The average Bonchev–Trinajstić information content (AvgIpc) is 2.33. The molecule has 2 aromatic rings. The van der Waals surface area contributed by atoms with Gasteiger partial charge in [0.25, 0.3) is 0 Å². The maximum atomic E-state index is 9.40. The predicted octanol–water partition coefficient (Wildman–Crippen LogP) is 3.94. The van der Waals surface area contributed by atoms with Gasteiger partial charge in [-0.2, -0.15) is 0 Å². The van der Waals surface area contributed by atoms with E-state index in [2.05, 4.69) is 4.98 Å². The third-order valence-corrected chi connectivity index (χ3v) is 3.47. The lowest BCUT2D eigenvalue weighted by Crippen LogP contribution is -1.89. The van der Waals surface area contributed by atoms with Gasteiger partial charge in [-0.3, -0.25) is 0 Å². The molecule has 0 unspecified atom stereocenters. The van der Waals surface area contributed by atoms with E-state index in [0.717, 1.165) is 15.5 Å². The van der Waals surface area contributed by atoms with E-state index in [1.54, 1.807) is 24.9 Å². The van der Waals surface area contributed by atoms with Crippen molar-refractivity contribution in [2.24, 2.45) is 0 Å². The van der Waals surface area contributed by atoms with E-state index in [4.69, 9.17) is 11.6 Å². The quantitative estimate of drug-likeness (QED) is 0.913. The van der Waals surface area contributed by atoms with Gasteiger partial charge in [0.2, 0.25) is 0 Å². The van der Waals surface area contributed by atoms with Crippen molar-refractivity contribution >= 4 is 23.4 Å². The van der Waals surface area contributed by atoms with Gasteiger partial charge in [-0.05, 0) is 36.8 Å². The summed E-state index contributed by atoms with van der Waals surface area (Å²) in [5, 5.41) is 10.9. The smallest absolute Gasteiger partial charge is 0.101 e. The van der Waals surface area contributed by atoms with Crippen LogP contribution < -0.4 is 0 Å². The molecule has 0 aliphatic rings. The van der Waals surface area contributed by atoms with Crippen LogP contribution in [0.4, 0.5) is 0 Å². The van der Waals surface area contributed by atoms with Gasteiger partial charge in [-0.25, -0.2) is 4.98 Å². The van der Waals surface area contributed by atoms with Gasteiger partial charge < -0.3 is 5.11 Å². The predicted molar refractivity (Wildman–Crippen MR) is 70.4 cm³/mol. The summed E-state index contributed by atoms with van der Waals surface area (Å²) in [6, 6.07) is 11.5. The first-order valence-corrected chi connectivity index (χ1v) is 6.42. The Morgan fingerprint density at radius 2 is 1.88 bits per heavy atom. The second-order valence-electron chi connectivity index (χ2n) is 3.66. The summed E-state index contributed by atoms with van der Waals surface area (Å²) >= 11 is 7.34. The Kier molecular flexibility index (Phi) is 4.05. The summed E-state index contributed by atoms with van der Waals surface area (Å²) in [4.78, 5) is 5.30. The van der Waals surface area contributed by atoms with Crippen LogP contribution in [0, 0.1) is 0 Å². The third kappa shape index (κ3) is 3.46. The minimum atomic E-state index is -0.428. The van der Waals surface area contributed by atoms with Gasteiger partial charge in [0.05, 0.1) is 11.1 Å². The number of nitrogens with zero attached hydrogens (tertiary/aromatic N) is 1. The van der Waals surface area contributed by atoms with Crippen molar-refractivity contribution in [3.8, 4) is 0 Å². The fourth-order valence-electron chi connectivity index (χ4n) is 1.36. The molecule has 0 radical (unpaired) electrons. The van der Waals surface area contributed by atoms with Crippen molar-refractivity contribution in [2.75, 3.05) is 0 Å². The van der Waals surface area contributed by atoms with E-state index < -0.39 is 6.10 Å². The Bertz CT molecular complexity index is 482. The molecule has 0 saturated heterocycles. The zero-order chi connectivity index (χ0) is 12.3. The van der Waals surface area contributed by atoms with Gasteiger partial charge >= 0.3 is 0 Å². The molecule has 2 nitrogen and oxygen atoms in total. The fourth-order valence-corrected chi connectivity index (χ4v) is 2.22. The van der Waals surface area contributed by atoms with Crippen LogP contribution >= 0.6 is 23.4 Å². The summed E-state index contributed by atoms with van der Waals surface area (Å²) in [5.41, 5.74) is 0.915. The number of rotatable bonds is 3. The minimum Gasteiger partial charge on any atom is -0.389 e. The van der Waals surface area contributed by atoms with Gasteiger partial charge in [0.1, 0.15) is 5.03 Å². The first kappa shape index (κ1) is 12.4. The van der Waals surface area contributed by atoms with Crippen molar-refractivity contribution in [3.05, 3.63) is 53.2 Å². The van der Waals surface area contributed by atoms with E-state index in [0.29, 0.717) is 5.02 Å². The highest BCUT2D eigenvalue weighted by Crippen LogP contribution is 2.27. The van der Waals surface area contributed by atoms with Gasteiger partial charge in [-0.15, -0.1) is 0 Å². The first-order valence-electron chi connectivity index (χ1n) is 5.22. The summed E-state index contributed by atoms with van der Waals surface area (Å²) in [5.74, 6) is 0. The van der Waals surface area contributed by atoms with Crippen LogP contribution in [0.25, 0.3) is 0 Å². The minimum absolute atomic E-state index is 0.428. The molecular formula is C13H12ClNOS. The summed E-state index contributed by atoms with van der Waals surface area (Å²) in [6.45, 7) is 1.75. The Morgan fingerprint density at radius 3 is 2.41 bits per heavy atom. The summed E-state index contributed by atoms with van der Waals surface area (Å²) < 4.78 is 0. The maximum absolute atomic E-state index is 9.40. The third-order valence-electron chi connectivity index (χ3n) is 2.29. The number of aromatic nitrogens is 1. The lowest BCUT2D eigenvalue weighted by atomic mass is 10.1. The van der Waals surface area contributed by atoms with E-state index >= 15 is 0 Å². The second-order valence-corrected chi connectivity index (χ2v) is 5.19. The average molecular weight is 266 g/mol. The Morgan fingerprint density at radius 1 is 1.18 bits per heavy atom. The van der Waals surface area contributed by atoms with Gasteiger partial charge in [0, 0.05) is 11.1 Å². The molecule has 88 valence electrons. The number of hydrogen-bond donors (Lipinski definition) is 1. The second kappa shape index (κ2) is 5.54. The molecule has 0 spiro atoms. The van der Waals surface area contributed by atoms with E-state index in [9.17, 15) is 5.11 Å². The molecule has 0 aliphatic heterocycles. The molecule has 0 aliphatic carbocycles. The number of benzene rings is 1. The monoisotopic (exact) mass is 265 g/mol. The Labute approximate surface area is 110 Å². The number of aliphatic hydroxyl groups is 1. The van der Waals surface area contributed by atoms with Crippen LogP contribution in [0.1, 0.15) is 18.6 Å². The molecule has 4 heteroatoms. The molecule has 1 atom stereocenters. The number of hydrogen-bond acceptors (Lipinski definition) is 3. The molecule has 0 saturated carbocycles. The van der Waals surface area contributed by atoms with E-state index in [1.165, 1.54) is 0 Å². The normalized spacial score (nSPS) is 12.4. The highest BCUT2D eigenvalue weighted by atomic mass is 35.5. The SMILES string of the molecule is C[C@@H](O)c1ccc(Sc2ccc(Cl)cn2)cc1. The lowest BCUT2D eigenvalue weighted by molar-refractivity contribution is 0.199. The first-order chi connectivity index (χ1) is 8.15. The van der Waals surface area contributed by atoms with Crippen molar-refractivity contribution in [1.29, 1.82) is 0 Å². The van der Waals surface area contributed by atoms with Crippen LogP contribution in [0.3, 0.4) is 0 Å². The van der Waals surface area contributed by atoms with E-state index in [-0.39, 0.29) is 0 Å². The molecule has 1 aromatic heterocycles. The highest BCUT2D eigenvalue weighted by Gasteiger charge is 2.02. The van der Waals surface area contributed by atoms with Gasteiger partial charge in [-0.1, -0.05) is 35.5 Å². The molecule has 1 heterocycles. The maximum Gasteiger partial charge on any atom is 0.101 e. The van der Waals surface area contributed by atoms with Crippen molar-refractivity contribution in [2.45, 2.75) is 22.9 Å². The highest BCUT2D eigenvalue weighted by molar-refractivity contribution is 7.99. The Hall–Kier alpha value is -1.03. The topological polar surface area (TPSA) is 33.1 Å². The summed E-state index contributed by atoms with van der Waals surface area (Å²) in [6.07, 6.45) is 1.20. The molecule has 0 amide bonds. The number of halogens is 1. The van der Waals surface area contributed by atoms with Crippen molar-refractivity contribution < 1.29 is 5.11 Å². The molecule has 0 fully saturated rings. The number of pyridine rings is 1. The summed E-state index contributed by atoms with van der Waals surface area (Å²) in [7, 11) is 0. The van der Waals surface area contributed by atoms with Crippen LogP contribution in [0.2, 0.25) is 5.02 Å². The largest absolute Gasteiger partial charge is 0.389 e. The van der Waals surface area contributed by atoms with Crippen LogP contribution in [0.15, 0.2) is 52.5 Å². The molecule has 2 rings (SSSR count). The molecule has 17 heavy (non-hydrogen) atoms. The van der Waals surface area contributed by atoms with Crippen LogP contribution in [-0.2, 0) is 0 Å². The van der Waals surface area contributed by atoms with Crippen molar-refractivity contribution in [1.82, 2.24) is 4.98 Å². The molecule has 1 N–H and O–H groups in total. The van der Waals surface area contributed by atoms with Gasteiger partial charge in [0.15, 0.2) is 0 Å². The zero-order valence-electron chi connectivity index (χ0n) is 9.30. The molecule has 0 bridgehead atoms. The van der Waals surface area contributed by atoms with E-state index in [1.807, 2.05) is 36.4 Å². The fraction of sp³-hybridized carbons (Fsp3) is 0.154. The zero-order valence-corrected chi connectivity index (χ0v) is 10.9. The van der Waals surface area contributed by atoms with Crippen LogP contribution in [0.5, 0.6) is 0 Å². The standard InChI is InChI=1S/C13H12ClNOS/c1-9(16)10-2-5-12(6-3-10)17-13-7-4-11(14)8-15-13/h2-9,16H,1H3/t9-/m1/s1. The Balaban J connectivity index is 2.11. The van der Waals surface area contributed by atoms with Crippen LogP contribution in [-0.4, -0.2) is 10.1 Å². The lowest BCUT2D eigenvalue weighted by Gasteiger charge is -2.05. The molecule has 1 aromatic carbocycles. The van der Waals surface area contributed by atoms with Crippen molar-refractivity contribution in [3.63, 3.8) is 0 Å². The molecular weight excluding hydrogens is 254 g/mol. The number of aliphatic hydroxyl groups excluding tert-OH is 1.